The van der Waals surface area contributed by atoms with Gasteiger partial charge in [-0.25, -0.2) is 0 Å². The molecule has 144 valence electrons. The topological polar surface area (TPSA) is 88.3 Å². The summed E-state index contributed by atoms with van der Waals surface area (Å²) in [5.74, 6) is -1.06. The minimum atomic E-state index is -0.548. The number of hydrogen-bond acceptors (Lipinski definition) is 4. The van der Waals surface area contributed by atoms with Crippen molar-refractivity contribution in [3.63, 3.8) is 0 Å². The Hall–Kier alpha value is -3.41. The minimum absolute atomic E-state index is 0.0518. The zero-order chi connectivity index (χ0) is 20.1. The molecule has 2 aromatic carbocycles. The Kier molecular flexibility index (Phi) is 5.89. The zero-order valence-electron chi connectivity index (χ0n) is 15.8. The van der Waals surface area contributed by atoms with E-state index in [4.69, 9.17) is 4.74 Å². The van der Waals surface area contributed by atoms with Gasteiger partial charge in [0.25, 0.3) is 0 Å². The molecular weight excluding hydrogens is 356 g/mol. The summed E-state index contributed by atoms with van der Waals surface area (Å²) >= 11 is 0. The number of amides is 1. The second kappa shape index (κ2) is 8.52. The van der Waals surface area contributed by atoms with E-state index in [0.717, 1.165) is 22.2 Å². The Morgan fingerprint density at radius 3 is 2.43 bits per heavy atom. The molecule has 28 heavy (non-hydrogen) atoms. The smallest absolute Gasteiger partial charge is 0.308 e. The number of aryl methyl sites for hydroxylation is 1. The van der Waals surface area contributed by atoms with Gasteiger partial charge in [0.2, 0.25) is 11.7 Å². The predicted molar refractivity (Wildman–Crippen MR) is 106 cm³/mol. The summed E-state index contributed by atoms with van der Waals surface area (Å²) in [4.78, 5) is 39.5. The fourth-order valence-electron chi connectivity index (χ4n) is 3.26. The number of rotatable bonds is 7. The maximum absolute atomic E-state index is 12.6. The molecule has 1 atom stereocenters. The Morgan fingerprint density at radius 2 is 1.71 bits per heavy atom. The molecule has 0 aliphatic heterocycles. The number of nitrogens with one attached hydrogen (secondary N) is 2. The van der Waals surface area contributed by atoms with Crippen LogP contribution in [0.25, 0.3) is 10.9 Å². The van der Waals surface area contributed by atoms with Gasteiger partial charge in [0.05, 0.1) is 12.5 Å². The summed E-state index contributed by atoms with van der Waals surface area (Å²) in [6.07, 6.45) is -0.0518. The van der Waals surface area contributed by atoms with E-state index in [2.05, 4.69) is 10.3 Å². The number of para-hydroxylation sites is 1. The summed E-state index contributed by atoms with van der Waals surface area (Å²) < 4.78 is 5.21. The number of ketones is 1. The maximum atomic E-state index is 12.6. The third-order valence-electron chi connectivity index (χ3n) is 4.49. The molecule has 3 aromatic rings. The summed E-state index contributed by atoms with van der Waals surface area (Å²) in [5.41, 5.74) is 2.94. The van der Waals surface area contributed by atoms with Gasteiger partial charge in [-0.3, -0.25) is 14.4 Å². The highest BCUT2D eigenvalue weighted by atomic mass is 16.5. The number of carbonyl (C=O) groups is 3. The molecule has 1 heterocycles. The van der Waals surface area contributed by atoms with Crippen LogP contribution in [0.2, 0.25) is 0 Å². The summed E-state index contributed by atoms with van der Waals surface area (Å²) in [6.45, 7) is 2.87. The van der Waals surface area contributed by atoms with Gasteiger partial charge in [0.15, 0.2) is 6.61 Å². The monoisotopic (exact) mass is 378 g/mol. The molecule has 0 aliphatic rings. The lowest BCUT2D eigenvalue weighted by Gasteiger charge is -2.17. The molecule has 1 amide bonds. The van der Waals surface area contributed by atoms with Gasteiger partial charge < -0.3 is 15.0 Å². The normalized spacial score (nSPS) is 11.8. The Morgan fingerprint density at radius 1 is 1.04 bits per heavy atom. The Labute approximate surface area is 162 Å². The van der Waals surface area contributed by atoms with E-state index in [0.29, 0.717) is 5.56 Å². The van der Waals surface area contributed by atoms with Gasteiger partial charge in [0, 0.05) is 29.1 Å². The highest BCUT2D eigenvalue weighted by molar-refractivity contribution is 6.10. The van der Waals surface area contributed by atoms with Crippen molar-refractivity contribution >= 4 is 28.6 Å². The fraction of sp³-hybridized carbons (Fsp3) is 0.227. The molecule has 0 saturated heterocycles. The van der Waals surface area contributed by atoms with E-state index in [1.165, 1.54) is 6.92 Å². The number of benzene rings is 2. The van der Waals surface area contributed by atoms with Crippen molar-refractivity contribution in [1.29, 1.82) is 0 Å². The van der Waals surface area contributed by atoms with E-state index in [-0.39, 0.29) is 24.7 Å². The molecule has 0 unspecified atom stereocenters. The number of ether oxygens (including phenoxy) is 1. The lowest BCUT2D eigenvalue weighted by atomic mass is 10.0. The number of esters is 1. The summed E-state index contributed by atoms with van der Waals surface area (Å²) in [5, 5.41) is 3.55. The molecule has 0 fully saturated rings. The number of hydrogen-bond donors (Lipinski definition) is 2. The number of aromatic nitrogens is 1. The van der Waals surface area contributed by atoms with Crippen LogP contribution in [0, 0.1) is 6.92 Å². The molecule has 0 saturated carbocycles. The number of carbonyl (C=O) groups excluding carboxylic acids is 3. The molecule has 0 aliphatic carbocycles. The van der Waals surface area contributed by atoms with Gasteiger partial charge in [-0.1, -0.05) is 48.5 Å². The van der Waals surface area contributed by atoms with Crippen LogP contribution in [0.15, 0.2) is 54.6 Å². The van der Waals surface area contributed by atoms with E-state index in [1.54, 1.807) is 0 Å². The highest BCUT2D eigenvalue weighted by Gasteiger charge is 2.21. The SMILES string of the molecule is CC(=O)N[C@H](CC(=O)OCC(=O)c1c(C)[nH]c2ccccc12)c1ccccc1. The van der Waals surface area contributed by atoms with Crippen molar-refractivity contribution in [3.8, 4) is 0 Å². The van der Waals surface area contributed by atoms with Gasteiger partial charge in [-0.05, 0) is 18.6 Å². The molecule has 0 spiro atoms. The quantitative estimate of drug-likeness (QED) is 0.487. The minimum Gasteiger partial charge on any atom is -0.457 e. The average molecular weight is 378 g/mol. The summed E-state index contributed by atoms with van der Waals surface area (Å²) in [6, 6.07) is 16.2. The van der Waals surface area contributed by atoms with E-state index in [9.17, 15) is 14.4 Å². The lowest BCUT2D eigenvalue weighted by Crippen LogP contribution is -2.29. The van der Waals surface area contributed by atoms with Crippen LogP contribution in [-0.2, 0) is 14.3 Å². The third kappa shape index (κ3) is 4.46. The van der Waals surface area contributed by atoms with Crippen LogP contribution in [0.4, 0.5) is 0 Å². The van der Waals surface area contributed by atoms with Crippen molar-refractivity contribution < 1.29 is 19.1 Å². The van der Waals surface area contributed by atoms with Gasteiger partial charge in [-0.2, -0.15) is 0 Å². The van der Waals surface area contributed by atoms with Crippen LogP contribution in [0.3, 0.4) is 0 Å². The molecule has 2 N–H and O–H groups in total. The fourth-order valence-corrected chi connectivity index (χ4v) is 3.26. The van der Waals surface area contributed by atoms with E-state index >= 15 is 0 Å². The number of H-pyrrole nitrogens is 1. The van der Waals surface area contributed by atoms with Crippen molar-refractivity contribution in [1.82, 2.24) is 10.3 Å². The Bertz CT molecular complexity index is 1010. The van der Waals surface area contributed by atoms with Gasteiger partial charge >= 0.3 is 5.97 Å². The largest absolute Gasteiger partial charge is 0.457 e. The highest BCUT2D eigenvalue weighted by Crippen LogP contribution is 2.23. The van der Waals surface area contributed by atoms with Gasteiger partial charge in [0.1, 0.15) is 0 Å². The Balaban J connectivity index is 1.66. The first-order valence-corrected chi connectivity index (χ1v) is 9.04. The average Bonchev–Trinajstić information content (AvgIpc) is 3.01. The first kappa shape index (κ1) is 19.4. The maximum Gasteiger partial charge on any atom is 0.308 e. The molecule has 6 heteroatoms. The number of Topliss-reactive ketones (excluding diaryl/α,β-unsaturated/α-hetero) is 1. The van der Waals surface area contributed by atoms with Crippen LogP contribution in [0.5, 0.6) is 0 Å². The molecule has 1 aromatic heterocycles. The van der Waals surface area contributed by atoms with Crippen LogP contribution >= 0.6 is 0 Å². The number of fused-ring (bicyclic) bond motifs is 1. The zero-order valence-corrected chi connectivity index (χ0v) is 15.8. The standard InChI is InChI=1S/C22H22N2O4/c1-14-22(17-10-6-7-11-18(17)23-14)20(26)13-28-21(27)12-19(24-15(2)25)16-8-4-3-5-9-16/h3-11,19,23H,12-13H2,1-2H3,(H,24,25)/t19-/m1/s1. The molecule has 0 radical (unpaired) electrons. The molecule has 3 rings (SSSR count). The van der Waals surface area contributed by atoms with Crippen LogP contribution in [-0.4, -0.2) is 29.3 Å². The lowest BCUT2D eigenvalue weighted by molar-refractivity contribution is -0.143. The first-order valence-electron chi connectivity index (χ1n) is 9.04. The second-order valence-corrected chi connectivity index (χ2v) is 6.62. The van der Waals surface area contributed by atoms with Gasteiger partial charge in [-0.15, -0.1) is 0 Å². The van der Waals surface area contributed by atoms with Crippen molar-refractivity contribution in [2.45, 2.75) is 26.3 Å². The predicted octanol–water partition coefficient (Wildman–Crippen LogP) is 3.47. The molecule has 6 nitrogen and oxygen atoms in total. The third-order valence-corrected chi connectivity index (χ3v) is 4.49. The number of aromatic amines is 1. The first-order chi connectivity index (χ1) is 13.5. The summed E-state index contributed by atoms with van der Waals surface area (Å²) in [7, 11) is 0. The molecular formula is C22H22N2O4. The second-order valence-electron chi connectivity index (χ2n) is 6.62. The van der Waals surface area contributed by atoms with E-state index in [1.807, 2.05) is 61.5 Å². The van der Waals surface area contributed by atoms with Crippen LogP contribution in [0.1, 0.15) is 41.0 Å². The van der Waals surface area contributed by atoms with Crippen molar-refractivity contribution in [3.05, 3.63) is 71.4 Å². The van der Waals surface area contributed by atoms with E-state index < -0.39 is 12.0 Å². The van der Waals surface area contributed by atoms with Crippen LogP contribution < -0.4 is 5.32 Å². The van der Waals surface area contributed by atoms with Crippen molar-refractivity contribution in [2.75, 3.05) is 6.61 Å². The molecule has 0 bridgehead atoms. The van der Waals surface area contributed by atoms with Crippen molar-refractivity contribution in [2.24, 2.45) is 0 Å².